The van der Waals surface area contributed by atoms with Crippen LogP contribution in [0.5, 0.6) is 0 Å². The van der Waals surface area contributed by atoms with E-state index >= 15 is 0 Å². The summed E-state index contributed by atoms with van der Waals surface area (Å²) in [4.78, 5) is 15.8. The topological polar surface area (TPSA) is 53.4 Å². The maximum absolute atomic E-state index is 12.3. The predicted molar refractivity (Wildman–Crippen MR) is 67.5 cm³/mol. The van der Waals surface area contributed by atoms with E-state index in [2.05, 4.69) is 4.98 Å². The molecule has 0 saturated heterocycles. The van der Waals surface area contributed by atoms with Crippen molar-refractivity contribution in [3.63, 3.8) is 0 Å². The number of aromatic nitrogens is 1. The highest BCUT2D eigenvalue weighted by atomic mass is 35.5. The quantitative estimate of drug-likeness (QED) is 0.907. The molecule has 1 atom stereocenters. The monoisotopic (exact) mass is 318 g/mol. The number of carboxylic acids is 1. The zero-order chi connectivity index (χ0) is 13.9. The summed E-state index contributed by atoms with van der Waals surface area (Å²) in [6.07, 6.45) is -4.08. The number of thiazole rings is 1. The van der Waals surface area contributed by atoms with Gasteiger partial charge in [-0.25, -0.2) is 4.98 Å². The molecule has 0 amide bonds. The summed E-state index contributed by atoms with van der Waals surface area (Å²) < 4.78 is 37.0. The molecule has 1 aromatic rings. The molecule has 110 valence electrons. The highest BCUT2D eigenvalue weighted by Crippen LogP contribution is 2.30. The van der Waals surface area contributed by atoms with Gasteiger partial charge in [0.25, 0.3) is 0 Å². The van der Waals surface area contributed by atoms with E-state index < -0.39 is 23.9 Å². The van der Waals surface area contributed by atoms with Crippen LogP contribution in [0.1, 0.15) is 24.0 Å². The number of halogens is 4. The number of hydrogen-bond donors (Lipinski definition) is 1. The first-order valence-corrected chi connectivity index (χ1v) is 6.08. The molecule has 0 radical (unpaired) electrons. The van der Waals surface area contributed by atoms with Gasteiger partial charge in [0.1, 0.15) is 11.0 Å². The molecular formula is C10H14ClF3N2O2S. The van der Waals surface area contributed by atoms with Crippen LogP contribution in [0.2, 0.25) is 0 Å². The largest absolute Gasteiger partial charge is 0.480 e. The van der Waals surface area contributed by atoms with E-state index in [9.17, 15) is 18.0 Å². The van der Waals surface area contributed by atoms with Crippen molar-refractivity contribution in [3.8, 4) is 0 Å². The molecule has 0 aliphatic rings. The first kappa shape index (κ1) is 18.1. The molecule has 0 saturated carbocycles. The maximum Gasteiger partial charge on any atom is 0.434 e. The van der Waals surface area contributed by atoms with E-state index in [1.165, 1.54) is 4.90 Å². The highest BCUT2D eigenvalue weighted by Gasteiger charge is 2.34. The van der Waals surface area contributed by atoms with Crippen molar-refractivity contribution in [1.82, 2.24) is 9.88 Å². The second kappa shape index (κ2) is 7.06. The Morgan fingerprint density at radius 2 is 2.16 bits per heavy atom. The Kier molecular flexibility index (Phi) is 6.74. The van der Waals surface area contributed by atoms with Gasteiger partial charge in [-0.05, 0) is 13.5 Å². The van der Waals surface area contributed by atoms with Gasteiger partial charge in [-0.1, -0.05) is 6.92 Å². The Labute approximate surface area is 118 Å². The average molecular weight is 319 g/mol. The summed E-state index contributed by atoms with van der Waals surface area (Å²) >= 11 is 0.879. The van der Waals surface area contributed by atoms with Crippen LogP contribution in [0.3, 0.4) is 0 Å². The molecule has 4 nitrogen and oxygen atoms in total. The average Bonchev–Trinajstić information content (AvgIpc) is 2.65. The van der Waals surface area contributed by atoms with Gasteiger partial charge >= 0.3 is 12.1 Å². The van der Waals surface area contributed by atoms with Crippen LogP contribution < -0.4 is 0 Å². The third-order valence-corrected chi connectivity index (χ3v) is 3.26. The Bertz CT molecular complexity index is 425. The van der Waals surface area contributed by atoms with E-state index in [1.807, 2.05) is 0 Å². The number of alkyl halides is 3. The Morgan fingerprint density at radius 1 is 1.58 bits per heavy atom. The summed E-state index contributed by atoms with van der Waals surface area (Å²) in [5, 5.41) is 10.1. The minimum Gasteiger partial charge on any atom is -0.480 e. The van der Waals surface area contributed by atoms with Crippen LogP contribution in [0.25, 0.3) is 0 Å². The van der Waals surface area contributed by atoms with Gasteiger partial charge < -0.3 is 5.11 Å². The molecule has 1 heterocycles. The van der Waals surface area contributed by atoms with Gasteiger partial charge in [-0.3, -0.25) is 9.69 Å². The standard InChI is InChI=1S/C10H13F3N2O2S.ClH/c1-3-6(9(16)17)15(2)4-8-14-7(5-18-8)10(11,12)13;/h5-6H,3-4H2,1-2H3,(H,16,17);1H. The zero-order valence-corrected chi connectivity index (χ0v) is 11.9. The summed E-state index contributed by atoms with van der Waals surface area (Å²) in [6, 6.07) is -0.719. The Balaban J connectivity index is 0.00000324. The maximum atomic E-state index is 12.3. The van der Waals surface area contributed by atoms with E-state index in [-0.39, 0.29) is 24.0 Å². The fourth-order valence-corrected chi connectivity index (χ4v) is 2.38. The van der Waals surface area contributed by atoms with Gasteiger partial charge in [0.15, 0.2) is 5.69 Å². The Morgan fingerprint density at radius 3 is 2.53 bits per heavy atom. The first-order chi connectivity index (χ1) is 8.25. The predicted octanol–water partition coefficient (Wildman–Crippen LogP) is 2.88. The van der Waals surface area contributed by atoms with Gasteiger partial charge in [0.2, 0.25) is 0 Å². The number of carbonyl (C=O) groups is 1. The third kappa shape index (κ3) is 4.96. The summed E-state index contributed by atoms with van der Waals surface area (Å²) in [6.45, 7) is 1.80. The minimum absolute atomic E-state index is 0. The normalized spacial score (nSPS) is 13.2. The summed E-state index contributed by atoms with van der Waals surface area (Å²) in [5.74, 6) is -0.993. The van der Waals surface area contributed by atoms with Crippen molar-refractivity contribution in [3.05, 3.63) is 16.1 Å². The van der Waals surface area contributed by atoms with Gasteiger partial charge in [0, 0.05) is 5.38 Å². The lowest BCUT2D eigenvalue weighted by molar-refractivity contribution is -0.143. The Hall–Kier alpha value is -0.860. The molecule has 0 aliphatic carbocycles. The summed E-state index contributed by atoms with van der Waals surface area (Å²) in [5.41, 5.74) is -0.931. The van der Waals surface area contributed by atoms with Crippen molar-refractivity contribution in [2.45, 2.75) is 32.1 Å². The van der Waals surface area contributed by atoms with Crippen LogP contribution in [0.15, 0.2) is 5.38 Å². The number of nitrogens with zero attached hydrogens (tertiary/aromatic N) is 2. The number of likely N-dealkylation sites (N-methyl/N-ethyl adjacent to an activating group) is 1. The van der Waals surface area contributed by atoms with E-state index in [0.29, 0.717) is 6.42 Å². The van der Waals surface area contributed by atoms with Crippen molar-refractivity contribution in [2.75, 3.05) is 7.05 Å². The molecule has 1 unspecified atom stereocenters. The number of hydrogen-bond acceptors (Lipinski definition) is 4. The fraction of sp³-hybridized carbons (Fsp3) is 0.600. The molecule has 0 aliphatic heterocycles. The molecule has 1 aromatic heterocycles. The van der Waals surface area contributed by atoms with Gasteiger partial charge in [0.05, 0.1) is 6.54 Å². The van der Waals surface area contributed by atoms with E-state index in [1.54, 1.807) is 14.0 Å². The second-order valence-electron chi connectivity index (χ2n) is 3.80. The SMILES string of the molecule is CCC(C(=O)O)N(C)Cc1nc(C(F)(F)F)cs1.Cl. The fourth-order valence-electron chi connectivity index (χ4n) is 1.51. The van der Waals surface area contributed by atoms with Crippen LogP contribution in [-0.4, -0.2) is 34.0 Å². The molecule has 0 fully saturated rings. The van der Waals surface area contributed by atoms with Gasteiger partial charge in [-0.15, -0.1) is 23.7 Å². The van der Waals surface area contributed by atoms with Crippen molar-refractivity contribution in [1.29, 1.82) is 0 Å². The van der Waals surface area contributed by atoms with E-state index in [0.717, 1.165) is 16.7 Å². The molecular weight excluding hydrogens is 305 g/mol. The number of rotatable bonds is 5. The molecule has 19 heavy (non-hydrogen) atoms. The van der Waals surface area contributed by atoms with Gasteiger partial charge in [-0.2, -0.15) is 13.2 Å². The third-order valence-electron chi connectivity index (χ3n) is 2.43. The molecule has 1 N–H and O–H groups in total. The molecule has 9 heteroatoms. The zero-order valence-electron chi connectivity index (χ0n) is 10.3. The van der Waals surface area contributed by atoms with Crippen molar-refractivity contribution in [2.24, 2.45) is 0 Å². The van der Waals surface area contributed by atoms with Crippen LogP contribution in [-0.2, 0) is 17.5 Å². The molecule has 0 spiro atoms. The smallest absolute Gasteiger partial charge is 0.434 e. The number of carboxylic acid groups (broad SMARTS) is 1. The molecule has 0 aromatic carbocycles. The summed E-state index contributed by atoms with van der Waals surface area (Å²) in [7, 11) is 1.55. The molecule has 0 bridgehead atoms. The van der Waals surface area contributed by atoms with Crippen LogP contribution in [0, 0.1) is 0 Å². The van der Waals surface area contributed by atoms with Crippen molar-refractivity contribution >= 4 is 29.7 Å². The first-order valence-electron chi connectivity index (χ1n) is 5.20. The highest BCUT2D eigenvalue weighted by molar-refractivity contribution is 7.09. The second-order valence-corrected chi connectivity index (χ2v) is 4.74. The van der Waals surface area contributed by atoms with E-state index in [4.69, 9.17) is 5.11 Å². The number of aliphatic carboxylic acids is 1. The molecule has 1 rings (SSSR count). The van der Waals surface area contributed by atoms with Crippen molar-refractivity contribution < 1.29 is 23.1 Å². The lowest BCUT2D eigenvalue weighted by Gasteiger charge is -2.22. The van der Waals surface area contributed by atoms with Crippen LogP contribution >= 0.6 is 23.7 Å². The van der Waals surface area contributed by atoms with Crippen LogP contribution in [0.4, 0.5) is 13.2 Å². The lowest BCUT2D eigenvalue weighted by Crippen LogP contribution is -2.37. The lowest BCUT2D eigenvalue weighted by atomic mass is 10.2. The minimum atomic E-state index is -4.45.